The molecular formula is C18H16O4. The Labute approximate surface area is 128 Å². The molecule has 0 radical (unpaired) electrons. The monoisotopic (exact) mass is 296 g/mol. The van der Waals surface area contributed by atoms with Crippen molar-refractivity contribution in [3.8, 4) is 11.1 Å². The van der Waals surface area contributed by atoms with Crippen LogP contribution >= 0.6 is 0 Å². The summed E-state index contributed by atoms with van der Waals surface area (Å²) < 4.78 is 9.74. The summed E-state index contributed by atoms with van der Waals surface area (Å²) in [6, 6.07) is 11.8. The Hall–Kier alpha value is -2.62. The molecule has 0 aliphatic heterocycles. The van der Waals surface area contributed by atoms with Crippen LogP contribution in [0.1, 0.15) is 17.5 Å². The Morgan fingerprint density at radius 2 is 1.68 bits per heavy atom. The lowest BCUT2D eigenvalue weighted by Crippen LogP contribution is -2.18. The molecule has 0 amide bonds. The highest BCUT2D eigenvalue weighted by Crippen LogP contribution is 2.42. The zero-order chi connectivity index (χ0) is 15.7. The molecule has 3 aliphatic rings. The second kappa shape index (κ2) is 5.64. The number of carbonyl (C=O) groups is 2. The molecule has 3 rings (SSSR count). The minimum absolute atomic E-state index is 0.330. The van der Waals surface area contributed by atoms with Crippen molar-refractivity contribution in [3.63, 3.8) is 0 Å². The number of rotatable bonds is 2. The van der Waals surface area contributed by atoms with Gasteiger partial charge in [0.1, 0.15) is 0 Å². The van der Waals surface area contributed by atoms with Gasteiger partial charge in [-0.15, -0.1) is 0 Å². The summed E-state index contributed by atoms with van der Waals surface area (Å²) >= 11 is 0. The number of aryl methyl sites for hydroxylation is 1. The molecule has 0 aromatic heterocycles. The van der Waals surface area contributed by atoms with E-state index in [0.717, 1.165) is 22.3 Å². The molecule has 0 saturated heterocycles. The number of fused-ring (bicyclic) bond motifs is 3. The number of ether oxygens (including phenoxy) is 2. The molecule has 0 unspecified atom stereocenters. The van der Waals surface area contributed by atoms with E-state index < -0.39 is 11.9 Å². The first-order valence-electron chi connectivity index (χ1n) is 7.08. The second-order valence-corrected chi connectivity index (χ2v) is 5.16. The fourth-order valence-electron chi connectivity index (χ4n) is 3.03. The molecule has 0 aromatic rings. The van der Waals surface area contributed by atoms with E-state index in [1.165, 1.54) is 14.2 Å². The summed E-state index contributed by atoms with van der Waals surface area (Å²) in [5, 5.41) is 0. The van der Waals surface area contributed by atoms with E-state index in [0.29, 0.717) is 24.0 Å². The maximum Gasteiger partial charge on any atom is 0.339 e. The van der Waals surface area contributed by atoms with Gasteiger partial charge in [-0.25, -0.2) is 9.59 Å². The molecular weight excluding hydrogens is 280 g/mol. The zero-order valence-corrected chi connectivity index (χ0v) is 12.5. The van der Waals surface area contributed by atoms with Crippen molar-refractivity contribution in [1.29, 1.82) is 0 Å². The van der Waals surface area contributed by atoms with Crippen molar-refractivity contribution >= 4 is 17.5 Å². The highest BCUT2D eigenvalue weighted by atomic mass is 16.5. The van der Waals surface area contributed by atoms with Crippen molar-refractivity contribution in [2.24, 2.45) is 0 Å². The third-order valence-electron chi connectivity index (χ3n) is 4.01. The van der Waals surface area contributed by atoms with E-state index in [4.69, 9.17) is 9.47 Å². The minimum atomic E-state index is -0.500. The summed E-state index contributed by atoms with van der Waals surface area (Å²) in [5.74, 6) is -0.971. The predicted octanol–water partition coefficient (Wildman–Crippen LogP) is 2.84. The van der Waals surface area contributed by atoms with E-state index >= 15 is 0 Å². The summed E-state index contributed by atoms with van der Waals surface area (Å²) in [5.41, 5.74) is 4.57. The number of hydrogen-bond donors (Lipinski definition) is 0. The molecule has 0 heterocycles. The molecule has 0 aromatic carbocycles. The van der Waals surface area contributed by atoms with Crippen molar-refractivity contribution in [3.05, 3.63) is 53.1 Å². The normalized spacial score (nSPS) is 13.7. The molecule has 4 nitrogen and oxygen atoms in total. The maximum absolute atomic E-state index is 12.3. The van der Waals surface area contributed by atoms with Gasteiger partial charge in [0.15, 0.2) is 0 Å². The Bertz CT molecular complexity index is 758. The van der Waals surface area contributed by atoms with Crippen molar-refractivity contribution < 1.29 is 19.1 Å². The van der Waals surface area contributed by atoms with E-state index in [2.05, 4.69) is 6.07 Å². The maximum atomic E-state index is 12.3. The van der Waals surface area contributed by atoms with Gasteiger partial charge < -0.3 is 9.47 Å². The zero-order valence-electron chi connectivity index (χ0n) is 12.5. The molecule has 4 heteroatoms. The van der Waals surface area contributed by atoms with Gasteiger partial charge in [-0.05, 0) is 29.5 Å². The van der Waals surface area contributed by atoms with E-state index in [-0.39, 0.29) is 0 Å². The highest BCUT2D eigenvalue weighted by Gasteiger charge is 2.32. The van der Waals surface area contributed by atoms with Gasteiger partial charge in [-0.3, -0.25) is 0 Å². The average molecular weight is 296 g/mol. The largest absolute Gasteiger partial charge is 0.466 e. The van der Waals surface area contributed by atoms with Crippen LogP contribution in [0.5, 0.6) is 0 Å². The first-order chi connectivity index (χ1) is 10.7. The standard InChI is InChI=1S/C18H16O4/c1-21-17(19)14-9-8-12-10-11-6-4-3-5-7-13(11)15(12)16(14)18(20)22-2/h3-7,10H,8-9H2,1-2H3. The Morgan fingerprint density at radius 3 is 2.41 bits per heavy atom. The third kappa shape index (κ3) is 2.17. The SMILES string of the molecule is COC(=O)C1=C(C(=O)OC)c2c(cc3cccccc2-3)CC1. The molecule has 0 saturated carbocycles. The molecule has 112 valence electrons. The van der Waals surface area contributed by atoms with E-state index in [1.54, 1.807) is 0 Å². The Kier molecular flexibility index (Phi) is 3.67. The number of esters is 2. The smallest absolute Gasteiger partial charge is 0.339 e. The van der Waals surface area contributed by atoms with Gasteiger partial charge in [0, 0.05) is 5.56 Å². The first kappa shape index (κ1) is 14.3. The fraction of sp³-hybridized carbons (Fsp3) is 0.222. The van der Waals surface area contributed by atoms with Gasteiger partial charge >= 0.3 is 11.9 Å². The predicted molar refractivity (Wildman–Crippen MR) is 82.3 cm³/mol. The number of hydrogen-bond acceptors (Lipinski definition) is 4. The van der Waals surface area contributed by atoms with Crippen molar-refractivity contribution in [2.45, 2.75) is 12.8 Å². The Balaban J connectivity index is 2.30. The van der Waals surface area contributed by atoms with Gasteiger partial charge in [0.2, 0.25) is 0 Å². The highest BCUT2D eigenvalue weighted by molar-refractivity contribution is 6.25. The van der Waals surface area contributed by atoms with Crippen LogP contribution in [-0.2, 0) is 25.5 Å². The molecule has 22 heavy (non-hydrogen) atoms. The van der Waals surface area contributed by atoms with Crippen LogP contribution < -0.4 is 0 Å². The molecule has 0 atom stereocenters. The van der Waals surface area contributed by atoms with Gasteiger partial charge in [-0.1, -0.05) is 36.4 Å². The summed E-state index contributed by atoms with van der Waals surface area (Å²) in [6.45, 7) is 0. The molecule has 0 fully saturated rings. The summed E-state index contributed by atoms with van der Waals surface area (Å²) in [6.07, 6.45) is 1.19. The van der Waals surface area contributed by atoms with Crippen LogP contribution in [0.3, 0.4) is 0 Å². The lowest BCUT2D eigenvalue weighted by atomic mass is 9.86. The molecule has 0 N–H and O–H groups in total. The molecule has 0 spiro atoms. The van der Waals surface area contributed by atoms with Gasteiger partial charge in [-0.2, -0.15) is 0 Å². The van der Waals surface area contributed by atoms with E-state index in [1.807, 2.05) is 30.3 Å². The van der Waals surface area contributed by atoms with Gasteiger partial charge in [0.05, 0.1) is 25.4 Å². The van der Waals surface area contributed by atoms with Crippen LogP contribution in [0.2, 0.25) is 0 Å². The van der Waals surface area contributed by atoms with Crippen LogP contribution in [0.25, 0.3) is 16.7 Å². The first-order valence-corrected chi connectivity index (χ1v) is 7.08. The van der Waals surface area contributed by atoms with Crippen LogP contribution in [-0.4, -0.2) is 26.2 Å². The number of carbonyl (C=O) groups excluding carboxylic acids is 2. The summed E-state index contributed by atoms with van der Waals surface area (Å²) in [7, 11) is 2.65. The van der Waals surface area contributed by atoms with E-state index in [9.17, 15) is 9.59 Å². The topological polar surface area (TPSA) is 52.6 Å². The molecule has 0 bridgehead atoms. The lowest BCUT2D eigenvalue weighted by Gasteiger charge is -2.19. The minimum Gasteiger partial charge on any atom is -0.466 e. The fourth-order valence-corrected chi connectivity index (χ4v) is 3.03. The average Bonchev–Trinajstić information content (AvgIpc) is 2.74. The number of methoxy groups -OCH3 is 2. The third-order valence-corrected chi connectivity index (χ3v) is 4.01. The Morgan fingerprint density at radius 1 is 0.955 bits per heavy atom. The quantitative estimate of drug-likeness (QED) is 0.800. The van der Waals surface area contributed by atoms with Crippen LogP contribution in [0, 0.1) is 0 Å². The van der Waals surface area contributed by atoms with Crippen LogP contribution in [0.4, 0.5) is 0 Å². The lowest BCUT2D eigenvalue weighted by molar-refractivity contribution is -0.138. The van der Waals surface area contributed by atoms with Crippen molar-refractivity contribution in [2.75, 3.05) is 14.2 Å². The van der Waals surface area contributed by atoms with Crippen LogP contribution in [0.15, 0.2) is 42.0 Å². The second-order valence-electron chi connectivity index (χ2n) is 5.16. The summed E-state index contributed by atoms with van der Waals surface area (Å²) in [4.78, 5) is 24.3. The van der Waals surface area contributed by atoms with Gasteiger partial charge in [0.25, 0.3) is 0 Å². The molecule has 3 aliphatic carbocycles. The van der Waals surface area contributed by atoms with Crippen molar-refractivity contribution in [1.82, 2.24) is 0 Å².